The van der Waals surface area contributed by atoms with E-state index in [2.05, 4.69) is 9.97 Å². The predicted octanol–water partition coefficient (Wildman–Crippen LogP) is -1.85. The number of hydrogen-bond donors (Lipinski definition) is 4. The molecule has 0 saturated carbocycles. The number of rotatable bonds is 5. The van der Waals surface area contributed by atoms with Gasteiger partial charge in [0.15, 0.2) is 11.9 Å². The lowest BCUT2D eigenvalue weighted by molar-refractivity contribution is -0.147. The molecule has 26 heavy (non-hydrogen) atoms. The van der Waals surface area contributed by atoms with Gasteiger partial charge in [-0.2, -0.15) is 4.98 Å². The number of nitrogen functional groups attached to an aromatic ring is 1. The number of aliphatic hydroxyl groups is 3. The molecule has 11 nitrogen and oxygen atoms in total. The number of fused-ring (bicyclic) bond motifs is 1. The molecule has 1 aliphatic heterocycles. The van der Waals surface area contributed by atoms with E-state index < -0.39 is 35.4 Å². The standard InChI is InChI=1S/C14H18N4O7S/c1-5(20)24-4-7-8(21)9(22)12(25-7)18-11-10(26-14(18)23)6(2-3-19)16-13(15)17-11/h7-9,12,19,21-22H,2-4H2,1H3,(H2,15,16,17)/t7-,8-,9-,12-/m1/s1. The van der Waals surface area contributed by atoms with Crippen molar-refractivity contribution >= 4 is 33.6 Å². The molecule has 3 rings (SSSR count). The van der Waals surface area contributed by atoms with Gasteiger partial charge >= 0.3 is 10.8 Å². The molecule has 142 valence electrons. The van der Waals surface area contributed by atoms with E-state index in [0.717, 1.165) is 15.9 Å². The molecule has 12 heteroatoms. The Morgan fingerprint density at radius 3 is 2.77 bits per heavy atom. The molecule has 1 saturated heterocycles. The zero-order valence-electron chi connectivity index (χ0n) is 13.7. The molecular formula is C14H18N4O7S. The van der Waals surface area contributed by atoms with Gasteiger partial charge in [0.25, 0.3) is 0 Å². The maximum Gasteiger partial charge on any atom is 0.311 e. The summed E-state index contributed by atoms with van der Waals surface area (Å²) in [6.07, 6.45) is -4.87. The maximum atomic E-state index is 12.5. The second-order valence-electron chi connectivity index (χ2n) is 5.74. The van der Waals surface area contributed by atoms with E-state index in [1.54, 1.807) is 0 Å². The third kappa shape index (κ3) is 3.29. The number of anilines is 1. The Hall–Kier alpha value is -2.12. The second kappa shape index (κ2) is 7.25. The molecule has 0 radical (unpaired) electrons. The van der Waals surface area contributed by atoms with Crippen molar-refractivity contribution in [1.82, 2.24) is 14.5 Å². The minimum absolute atomic E-state index is 0.100. The van der Waals surface area contributed by atoms with Gasteiger partial charge in [0.05, 0.1) is 10.4 Å². The Bertz CT molecular complexity index is 882. The Labute approximate surface area is 150 Å². The molecule has 2 aromatic rings. The van der Waals surface area contributed by atoms with Crippen LogP contribution >= 0.6 is 11.3 Å². The van der Waals surface area contributed by atoms with Crippen molar-refractivity contribution in [3.8, 4) is 0 Å². The highest BCUT2D eigenvalue weighted by atomic mass is 32.1. The van der Waals surface area contributed by atoms with Crippen molar-refractivity contribution in [1.29, 1.82) is 0 Å². The lowest BCUT2D eigenvalue weighted by atomic mass is 10.1. The van der Waals surface area contributed by atoms with E-state index in [1.165, 1.54) is 6.92 Å². The van der Waals surface area contributed by atoms with Gasteiger partial charge in [-0.25, -0.2) is 4.98 Å². The van der Waals surface area contributed by atoms with Crippen LogP contribution in [0.15, 0.2) is 4.79 Å². The van der Waals surface area contributed by atoms with E-state index in [4.69, 9.17) is 20.3 Å². The highest BCUT2D eigenvalue weighted by Crippen LogP contribution is 2.32. The van der Waals surface area contributed by atoms with Gasteiger partial charge in [-0.05, 0) is 0 Å². The number of ether oxygens (including phenoxy) is 2. The summed E-state index contributed by atoms with van der Waals surface area (Å²) in [4.78, 5) is 31.0. The molecule has 2 aromatic heterocycles. The summed E-state index contributed by atoms with van der Waals surface area (Å²) in [5, 5.41) is 29.6. The number of nitrogens with zero attached hydrogens (tertiary/aromatic N) is 3. The summed E-state index contributed by atoms with van der Waals surface area (Å²) in [5.41, 5.74) is 6.22. The van der Waals surface area contributed by atoms with Crippen LogP contribution in [0.1, 0.15) is 18.8 Å². The fraction of sp³-hybridized carbons (Fsp3) is 0.571. The first-order valence-electron chi connectivity index (χ1n) is 7.76. The summed E-state index contributed by atoms with van der Waals surface area (Å²) in [6.45, 7) is 0.742. The second-order valence-corrected chi connectivity index (χ2v) is 6.70. The van der Waals surface area contributed by atoms with Crippen LogP contribution < -0.4 is 10.6 Å². The first-order chi connectivity index (χ1) is 12.3. The van der Waals surface area contributed by atoms with Gasteiger partial charge in [0.1, 0.15) is 24.9 Å². The van der Waals surface area contributed by atoms with Gasteiger partial charge < -0.3 is 30.5 Å². The number of carbonyl (C=O) groups excluding carboxylic acids is 1. The SMILES string of the molecule is CC(=O)OC[C@H]1O[C@@H](n2c(=O)sc3c(CCO)nc(N)nc32)[C@H](O)[C@@H]1O. The number of carbonyl (C=O) groups is 1. The maximum absolute atomic E-state index is 12.5. The molecule has 0 bridgehead atoms. The number of aromatic nitrogens is 3. The zero-order chi connectivity index (χ0) is 19.0. The minimum Gasteiger partial charge on any atom is -0.463 e. The van der Waals surface area contributed by atoms with Crippen molar-refractivity contribution in [2.24, 2.45) is 0 Å². The number of thiazole rings is 1. The predicted molar refractivity (Wildman–Crippen MR) is 89.4 cm³/mol. The molecule has 4 atom stereocenters. The van der Waals surface area contributed by atoms with Gasteiger partial charge in [-0.1, -0.05) is 11.3 Å². The van der Waals surface area contributed by atoms with Crippen molar-refractivity contribution in [3.63, 3.8) is 0 Å². The largest absolute Gasteiger partial charge is 0.463 e. The smallest absolute Gasteiger partial charge is 0.311 e. The fourth-order valence-corrected chi connectivity index (χ4v) is 3.74. The number of nitrogens with two attached hydrogens (primary N) is 1. The molecule has 0 spiro atoms. The Kier molecular flexibility index (Phi) is 5.20. The third-order valence-corrected chi connectivity index (χ3v) is 4.93. The van der Waals surface area contributed by atoms with Crippen LogP contribution in [0.25, 0.3) is 10.3 Å². The Balaban J connectivity index is 2.01. The molecule has 1 aliphatic rings. The van der Waals surface area contributed by atoms with Crippen LogP contribution in [0.5, 0.6) is 0 Å². The molecule has 0 amide bonds. The van der Waals surface area contributed by atoms with Crippen molar-refractivity contribution in [2.45, 2.75) is 37.9 Å². The highest BCUT2D eigenvalue weighted by molar-refractivity contribution is 7.16. The lowest BCUT2D eigenvalue weighted by Gasteiger charge is -2.16. The van der Waals surface area contributed by atoms with Crippen LogP contribution in [0, 0.1) is 0 Å². The minimum atomic E-state index is -1.44. The summed E-state index contributed by atoms with van der Waals surface area (Å²) < 4.78 is 11.8. The monoisotopic (exact) mass is 386 g/mol. The topological polar surface area (TPSA) is 170 Å². The normalized spacial score (nSPS) is 25.7. The average Bonchev–Trinajstić information content (AvgIpc) is 3.03. The first-order valence-corrected chi connectivity index (χ1v) is 8.58. The van der Waals surface area contributed by atoms with Crippen LogP contribution in [0.3, 0.4) is 0 Å². The quantitative estimate of drug-likeness (QED) is 0.428. The average molecular weight is 386 g/mol. The van der Waals surface area contributed by atoms with E-state index >= 15 is 0 Å². The molecule has 0 aromatic carbocycles. The van der Waals surface area contributed by atoms with E-state index in [-0.39, 0.29) is 31.2 Å². The van der Waals surface area contributed by atoms with E-state index in [1.807, 2.05) is 0 Å². The lowest BCUT2D eigenvalue weighted by Crippen LogP contribution is -2.35. The summed E-state index contributed by atoms with van der Waals surface area (Å²) in [6, 6.07) is 0. The van der Waals surface area contributed by atoms with Crippen molar-refractivity contribution in [2.75, 3.05) is 18.9 Å². The van der Waals surface area contributed by atoms with Crippen LogP contribution in [0.2, 0.25) is 0 Å². The third-order valence-electron chi connectivity index (χ3n) is 3.94. The first kappa shape index (κ1) is 18.7. The van der Waals surface area contributed by atoms with Gasteiger partial charge in [0, 0.05) is 20.0 Å². The van der Waals surface area contributed by atoms with Gasteiger partial charge in [-0.3, -0.25) is 14.2 Å². The zero-order valence-corrected chi connectivity index (χ0v) is 14.5. The summed E-state index contributed by atoms with van der Waals surface area (Å²) >= 11 is 0.821. The van der Waals surface area contributed by atoms with Crippen LogP contribution in [-0.4, -0.2) is 67.3 Å². The molecule has 1 fully saturated rings. The molecule has 5 N–H and O–H groups in total. The molecule has 0 aliphatic carbocycles. The summed E-state index contributed by atoms with van der Waals surface area (Å²) in [7, 11) is 0. The highest BCUT2D eigenvalue weighted by Gasteiger charge is 2.45. The van der Waals surface area contributed by atoms with Crippen molar-refractivity contribution in [3.05, 3.63) is 15.4 Å². The van der Waals surface area contributed by atoms with E-state index in [0.29, 0.717) is 10.4 Å². The number of hydrogen-bond acceptors (Lipinski definition) is 11. The summed E-state index contributed by atoms with van der Waals surface area (Å²) in [5.74, 6) is -0.664. The van der Waals surface area contributed by atoms with Gasteiger partial charge in [-0.15, -0.1) is 0 Å². The van der Waals surface area contributed by atoms with Crippen LogP contribution in [0.4, 0.5) is 5.95 Å². The molecular weight excluding hydrogens is 368 g/mol. The Morgan fingerprint density at radius 1 is 1.38 bits per heavy atom. The van der Waals surface area contributed by atoms with Crippen molar-refractivity contribution < 1.29 is 29.6 Å². The molecule has 3 heterocycles. The number of aliphatic hydroxyl groups excluding tert-OH is 3. The van der Waals surface area contributed by atoms with Gasteiger partial charge in [0.2, 0.25) is 5.95 Å². The van der Waals surface area contributed by atoms with E-state index in [9.17, 15) is 19.8 Å². The number of esters is 1. The molecule has 0 unspecified atom stereocenters. The fourth-order valence-electron chi connectivity index (χ4n) is 2.77. The van der Waals surface area contributed by atoms with Crippen LogP contribution in [-0.2, 0) is 20.7 Å². The Morgan fingerprint density at radius 2 is 2.12 bits per heavy atom.